The van der Waals surface area contributed by atoms with E-state index in [0.29, 0.717) is 12.5 Å². The van der Waals surface area contributed by atoms with E-state index < -0.39 is 0 Å². The van der Waals surface area contributed by atoms with Gasteiger partial charge in [0.25, 0.3) is 0 Å². The smallest absolute Gasteiger partial charge is 0.309 e. The number of rotatable bonds is 7. The molecule has 0 saturated carbocycles. The number of hydrogen-bond donors (Lipinski definition) is 1. The van der Waals surface area contributed by atoms with Gasteiger partial charge in [-0.1, -0.05) is 33.1 Å². The number of piperidine rings is 1. The highest BCUT2D eigenvalue weighted by Gasteiger charge is 2.22. The molecule has 1 heterocycles. The topological polar surface area (TPSA) is 38.3 Å². The summed E-state index contributed by atoms with van der Waals surface area (Å²) in [6.07, 6.45) is 6.83. The minimum absolute atomic E-state index is 0.0221. The molecular weight excluding hydrogens is 214 g/mol. The average molecular weight is 241 g/mol. The molecule has 0 amide bonds. The maximum atomic E-state index is 11.8. The summed E-state index contributed by atoms with van der Waals surface area (Å²) in [7, 11) is 0. The van der Waals surface area contributed by atoms with Gasteiger partial charge in [0.1, 0.15) is 0 Å². The Morgan fingerprint density at radius 3 is 2.71 bits per heavy atom. The van der Waals surface area contributed by atoms with Gasteiger partial charge in [-0.2, -0.15) is 0 Å². The molecule has 1 atom stereocenters. The van der Waals surface area contributed by atoms with Gasteiger partial charge in [-0.25, -0.2) is 0 Å². The van der Waals surface area contributed by atoms with Gasteiger partial charge in [0.05, 0.1) is 12.5 Å². The maximum Gasteiger partial charge on any atom is 0.309 e. The molecule has 3 heteroatoms. The Hall–Kier alpha value is -0.570. The van der Waals surface area contributed by atoms with E-state index in [1.165, 1.54) is 25.7 Å². The predicted molar refractivity (Wildman–Crippen MR) is 69.9 cm³/mol. The average Bonchev–Trinajstić information content (AvgIpc) is 2.37. The zero-order valence-corrected chi connectivity index (χ0v) is 11.3. The largest absolute Gasteiger partial charge is 0.465 e. The zero-order valence-electron chi connectivity index (χ0n) is 11.3. The van der Waals surface area contributed by atoms with Crippen molar-refractivity contribution in [3.8, 4) is 0 Å². The SMILES string of the molecule is CCCCCC(C)COC(=O)C1CCNCC1. The number of ether oxygens (including phenoxy) is 1. The van der Waals surface area contributed by atoms with Crippen LogP contribution in [0.5, 0.6) is 0 Å². The molecule has 1 saturated heterocycles. The Morgan fingerprint density at radius 1 is 1.35 bits per heavy atom. The minimum atomic E-state index is 0.0221. The second-order valence-electron chi connectivity index (χ2n) is 5.26. The van der Waals surface area contributed by atoms with Crippen LogP contribution in [0.1, 0.15) is 52.4 Å². The molecule has 0 bridgehead atoms. The van der Waals surface area contributed by atoms with E-state index in [-0.39, 0.29) is 11.9 Å². The fourth-order valence-corrected chi connectivity index (χ4v) is 2.23. The minimum Gasteiger partial charge on any atom is -0.465 e. The van der Waals surface area contributed by atoms with Crippen LogP contribution in [-0.2, 0) is 9.53 Å². The van der Waals surface area contributed by atoms with Gasteiger partial charge < -0.3 is 10.1 Å². The van der Waals surface area contributed by atoms with Crippen molar-refractivity contribution < 1.29 is 9.53 Å². The summed E-state index contributed by atoms with van der Waals surface area (Å²) in [5, 5.41) is 3.26. The molecule has 100 valence electrons. The normalized spacial score (nSPS) is 18.9. The predicted octanol–water partition coefficient (Wildman–Crippen LogP) is 2.75. The molecule has 1 rings (SSSR count). The molecule has 1 fully saturated rings. The lowest BCUT2D eigenvalue weighted by atomic mass is 9.98. The van der Waals surface area contributed by atoms with Gasteiger partial charge in [0, 0.05) is 0 Å². The van der Waals surface area contributed by atoms with Crippen molar-refractivity contribution in [3.63, 3.8) is 0 Å². The van der Waals surface area contributed by atoms with Gasteiger partial charge in [0.15, 0.2) is 0 Å². The standard InChI is InChI=1S/C14H27NO2/c1-3-4-5-6-12(2)11-17-14(16)13-7-9-15-10-8-13/h12-13,15H,3-11H2,1-2H3. The summed E-state index contributed by atoms with van der Waals surface area (Å²) in [5.74, 6) is 0.667. The first-order valence-electron chi connectivity index (χ1n) is 7.11. The molecule has 1 N–H and O–H groups in total. The molecular formula is C14H27NO2. The van der Waals surface area contributed by atoms with Crippen LogP contribution in [-0.4, -0.2) is 25.7 Å². The third kappa shape index (κ3) is 6.06. The van der Waals surface area contributed by atoms with Crippen LogP contribution in [0.15, 0.2) is 0 Å². The third-order valence-electron chi connectivity index (χ3n) is 3.48. The summed E-state index contributed by atoms with van der Waals surface area (Å²) in [6, 6.07) is 0. The van der Waals surface area contributed by atoms with Crippen molar-refractivity contribution in [3.05, 3.63) is 0 Å². The molecule has 0 aliphatic carbocycles. The second kappa shape index (κ2) is 8.51. The highest BCUT2D eigenvalue weighted by atomic mass is 16.5. The highest BCUT2D eigenvalue weighted by molar-refractivity contribution is 5.72. The van der Waals surface area contributed by atoms with Crippen LogP contribution >= 0.6 is 0 Å². The van der Waals surface area contributed by atoms with Crippen LogP contribution in [0.25, 0.3) is 0 Å². The molecule has 0 aromatic heterocycles. The molecule has 17 heavy (non-hydrogen) atoms. The van der Waals surface area contributed by atoms with Crippen molar-refractivity contribution in [1.82, 2.24) is 5.32 Å². The lowest BCUT2D eigenvalue weighted by molar-refractivity contribution is -0.150. The van der Waals surface area contributed by atoms with Crippen molar-refractivity contribution in [1.29, 1.82) is 0 Å². The third-order valence-corrected chi connectivity index (χ3v) is 3.48. The van der Waals surface area contributed by atoms with Crippen molar-refractivity contribution in [2.24, 2.45) is 11.8 Å². The molecule has 0 aromatic rings. The van der Waals surface area contributed by atoms with Gasteiger partial charge in [-0.15, -0.1) is 0 Å². The Bertz CT molecular complexity index is 212. The monoisotopic (exact) mass is 241 g/mol. The summed E-state index contributed by atoms with van der Waals surface area (Å²) < 4.78 is 5.41. The van der Waals surface area contributed by atoms with Gasteiger partial charge >= 0.3 is 5.97 Å². The highest BCUT2D eigenvalue weighted by Crippen LogP contribution is 2.15. The number of nitrogens with one attached hydrogen (secondary N) is 1. The van der Waals surface area contributed by atoms with E-state index >= 15 is 0 Å². The Balaban J connectivity index is 2.09. The lowest BCUT2D eigenvalue weighted by Gasteiger charge is -2.22. The summed E-state index contributed by atoms with van der Waals surface area (Å²) in [6.45, 7) is 6.89. The lowest BCUT2D eigenvalue weighted by Crippen LogP contribution is -2.33. The number of esters is 1. The Kier molecular flexibility index (Phi) is 7.25. The molecule has 3 nitrogen and oxygen atoms in total. The van der Waals surface area contributed by atoms with E-state index in [2.05, 4.69) is 19.2 Å². The first kappa shape index (κ1) is 14.5. The number of carbonyl (C=O) groups is 1. The van der Waals surface area contributed by atoms with Crippen LogP contribution < -0.4 is 5.32 Å². The first-order valence-corrected chi connectivity index (χ1v) is 7.11. The first-order chi connectivity index (χ1) is 8.24. The molecule has 0 spiro atoms. The Morgan fingerprint density at radius 2 is 2.06 bits per heavy atom. The van der Waals surface area contributed by atoms with Crippen molar-refractivity contribution in [2.75, 3.05) is 19.7 Å². The zero-order chi connectivity index (χ0) is 12.5. The van der Waals surface area contributed by atoms with Crippen molar-refractivity contribution in [2.45, 2.75) is 52.4 Å². The molecule has 1 aliphatic rings. The molecule has 0 aromatic carbocycles. The van der Waals surface area contributed by atoms with E-state index in [9.17, 15) is 4.79 Å². The molecule has 1 unspecified atom stereocenters. The molecule has 1 aliphatic heterocycles. The second-order valence-corrected chi connectivity index (χ2v) is 5.26. The van der Waals surface area contributed by atoms with E-state index in [1.807, 2.05) is 0 Å². The fraction of sp³-hybridized carbons (Fsp3) is 0.929. The number of hydrogen-bond acceptors (Lipinski definition) is 3. The number of carbonyl (C=O) groups excluding carboxylic acids is 1. The summed E-state index contributed by atoms with van der Waals surface area (Å²) >= 11 is 0. The quantitative estimate of drug-likeness (QED) is 0.550. The van der Waals surface area contributed by atoms with Gasteiger partial charge in [0.2, 0.25) is 0 Å². The van der Waals surface area contributed by atoms with Crippen LogP contribution in [0.4, 0.5) is 0 Å². The molecule has 0 radical (unpaired) electrons. The Labute approximate surface area is 105 Å². The fourth-order valence-electron chi connectivity index (χ4n) is 2.23. The number of unbranched alkanes of at least 4 members (excludes halogenated alkanes) is 2. The van der Waals surface area contributed by atoms with Gasteiger partial charge in [-0.3, -0.25) is 4.79 Å². The summed E-state index contributed by atoms with van der Waals surface area (Å²) in [4.78, 5) is 11.8. The van der Waals surface area contributed by atoms with Crippen LogP contribution in [0.3, 0.4) is 0 Å². The van der Waals surface area contributed by atoms with Crippen molar-refractivity contribution >= 4 is 5.97 Å². The maximum absolute atomic E-state index is 11.8. The summed E-state index contributed by atoms with van der Waals surface area (Å²) in [5.41, 5.74) is 0. The van der Waals surface area contributed by atoms with Crippen LogP contribution in [0.2, 0.25) is 0 Å². The van der Waals surface area contributed by atoms with Gasteiger partial charge in [-0.05, 0) is 38.3 Å². The van der Waals surface area contributed by atoms with E-state index in [0.717, 1.165) is 25.9 Å². The van der Waals surface area contributed by atoms with E-state index in [1.54, 1.807) is 0 Å². The van der Waals surface area contributed by atoms with Crippen LogP contribution in [0, 0.1) is 11.8 Å². The van der Waals surface area contributed by atoms with E-state index in [4.69, 9.17) is 4.74 Å².